The van der Waals surface area contributed by atoms with Crippen LogP contribution in [0.25, 0.3) is 0 Å². The molecular weight excluding hydrogens is 198 g/mol. The minimum absolute atomic E-state index is 0.0103. The molecule has 1 aliphatic heterocycles. The van der Waals surface area contributed by atoms with Crippen molar-refractivity contribution in [2.75, 3.05) is 19.6 Å². The SMILES string of the molecule is CC(C)N1CCC(CN=C(N)C(C)(C)C)C1. The molecule has 0 spiro atoms. The maximum atomic E-state index is 5.96. The second-order valence-corrected chi connectivity index (χ2v) is 6.22. The normalized spacial score (nSPS) is 24.4. The Labute approximate surface area is 100 Å². The lowest BCUT2D eigenvalue weighted by Crippen LogP contribution is -2.31. The third-order valence-corrected chi connectivity index (χ3v) is 3.34. The zero-order valence-electron chi connectivity index (χ0n) is 11.5. The molecule has 3 heteroatoms. The lowest BCUT2D eigenvalue weighted by Gasteiger charge is -2.20. The molecule has 94 valence electrons. The number of rotatable bonds is 3. The first-order valence-corrected chi connectivity index (χ1v) is 6.35. The summed E-state index contributed by atoms with van der Waals surface area (Å²) in [6.07, 6.45) is 1.26. The van der Waals surface area contributed by atoms with E-state index in [-0.39, 0.29) is 5.41 Å². The number of likely N-dealkylation sites (tertiary alicyclic amines) is 1. The van der Waals surface area contributed by atoms with Crippen LogP contribution in [0.15, 0.2) is 4.99 Å². The summed E-state index contributed by atoms with van der Waals surface area (Å²) >= 11 is 0. The summed E-state index contributed by atoms with van der Waals surface area (Å²) in [4.78, 5) is 7.06. The number of amidine groups is 1. The molecule has 1 aliphatic rings. The van der Waals surface area contributed by atoms with Gasteiger partial charge in [0.05, 0.1) is 5.84 Å². The maximum Gasteiger partial charge on any atom is 0.0991 e. The second kappa shape index (κ2) is 5.17. The van der Waals surface area contributed by atoms with Gasteiger partial charge in [-0.1, -0.05) is 20.8 Å². The quantitative estimate of drug-likeness (QED) is 0.590. The third kappa shape index (κ3) is 3.78. The molecule has 0 aromatic rings. The predicted octanol–water partition coefficient (Wildman–Crippen LogP) is 2.12. The van der Waals surface area contributed by atoms with Crippen molar-refractivity contribution in [1.82, 2.24) is 4.90 Å². The summed E-state index contributed by atoms with van der Waals surface area (Å²) < 4.78 is 0. The molecule has 1 atom stereocenters. The lowest BCUT2D eigenvalue weighted by molar-refractivity contribution is 0.266. The van der Waals surface area contributed by atoms with E-state index in [0.717, 1.165) is 12.4 Å². The summed E-state index contributed by atoms with van der Waals surface area (Å²) in [7, 11) is 0. The van der Waals surface area contributed by atoms with Crippen LogP contribution < -0.4 is 5.73 Å². The molecule has 0 aliphatic carbocycles. The summed E-state index contributed by atoms with van der Waals surface area (Å²) in [5.41, 5.74) is 5.97. The molecule has 0 amide bonds. The Balaban J connectivity index is 2.41. The molecule has 0 bridgehead atoms. The van der Waals surface area contributed by atoms with Crippen molar-refractivity contribution in [2.45, 2.75) is 47.1 Å². The van der Waals surface area contributed by atoms with E-state index in [2.05, 4.69) is 44.5 Å². The van der Waals surface area contributed by atoms with Crippen LogP contribution in [-0.2, 0) is 0 Å². The fourth-order valence-corrected chi connectivity index (χ4v) is 1.95. The fraction of sp³-hybridized carbons (Fsp3) is 0.923. The Hall–Kier alpha value is -0.570. The van der Waals surface area contributed by atoms with Gasteiger partial charge in [-0.25, -0.2) is 0 Å². The number of nitrogens with zero attached hydrogens (tertiary/aromatic N) is 2. The highest BCUT2D eigenvalue weighted by Crippen LogP contribution is 2.19. The molecule has 0 radical (unpaired) electrons. The van der Waals surface area contributed by atoms with E-state index in [4.69, 9.17) is 5.73 Å². The van der Waals surface area contributed by atoms with Gasteiger partial charge >= 0.3 is 0 Å². The van der Waals surface area contributed by atoms with Crippen LogP contribution in [-0.4, -0.2) is 36.4 Å². The zero-order chi connectivity index (χ0) is 12.3. The maximum absolute atomic E-state index is 5.96. The Bertz CT molecular complexity index is 250. The van der Waals surface area contributed by atoms with Crippen molar-refractivity contribution in [1.29, 1.82) is 0 Å². The molecule has 16 heavy (non-hydrogen) atoms. The van der Waals surface area contributed by atoms with Gasteiger partial charge in [-0.15, -0.1) is 0 Å². The zero-order valence-corrected chi connectivity index (χ0v) is 11.5. The summed E-state index contributed by atoms with van der Waals surface area (Å²) in [6.45, 7) is 14.1. The number of hydrogen-bond acceptors (Lipinski definition) is 2. The van der Waals surface area contributed by atoms with Crippen LogP contribution in [0.5, 0.6) is 0 Å². The standard InChI is InChI=1S/C13H27N3/c1-10(2)16-7-6-11(9-16)8-15-12(14)13(3,4)5/h10-11H,6-9H2,1-5H3,(H2,14,15). The van der Waals surface area contributed by atoms with Gasteiger partial charge in [-0.2, -0.15) is 0 Å². The minimum atomic E-state index is 0.0103. The second-order valence-electron chi connectivity index (χ2n) is 6.22. The number of aliphatic imine (C=N–C) groups is 1. The van der Waals surface area contributed by atoms with Gasteiger partial charge < -0.3 is 10.6 Å². The molecular formula is C13H27N3. The van der Waals surface area contributed by atoms with Gasteiger partial charge in [0, 0.05) is 24.5 Å². The van der Waals surface area contributed by atoms with Gasteiger partial charge in [0.25, 0.3) is 0 Å². The molecule has 2 N–H and O–H groups in total. The first-order valence-electron chi connectivity index (χ1n) is 6.35. The van der Waals surface area contributed by atoms with Gasteiger partial charge in [-0.05, 0) is 32.7 Å². The van der Waals surface area contributed by atoms with Crippen LogP contribution in [0.1, 0.15) is 41.0 Å². The molecule has 0 saturated carbocycles. The molecule has 3 nitrogen and oxygen atoms in total. The first kappa shape index (κ1) is 13.5. The highest BCUT2D eigenvalue weighted by atomic mass is 15.2. The van der Waals surface area contributed by atoms with E-state index < -0.39 is 0 Å². The van der Waals surface area contributed by atoms with E-state index in [1.807, 2.05) is 0 Å². The lowest BCUT2D eigenvalue weighted by atomic mass is 9.95. The topological polar surface area (TPSA) is 41.6 Å². The van der Waals surface area contributed by atoms with Crippen LogP contribution in [0.2, 0.25) is 0 Å². The predicted molar refractivity (Wildman–Crippen MR) is 70.8 cm³/mol. The fourth-order valence-electron chi connectivity index (χ4n) is 1.95. The van der Waals surface area contributed by atoms with Crippen LogP contribution >= 0.6 is 0 Å². The summed E-state index contributed by atoms with van der Waals surface area (Å²) in [5, 5.41) is 0. The van der Waals surface area contributed by atoms with Crippen LogP contribution in [0.4, 0.5) is 0 Å². The van der Waals surface area contributed by atoms with E-state index in [9.17, 15) is 0 Å². The van der Waals surface area contributed by atoms with Gasteiger partial charge in [0.2, 0.25) is 0 Å². The Kier molecular flexibility index (Phi) is 4.36. The molecule has 1 rings (SSSR count). The van der Waals surface area contributed by atoms with E-state index in [1.54, 1.807) is 0 Å². The number of nitrogens with two attached hydrogens (primary N) is 1. The first-order chi connectivity index (χ1) is 7.30. The molecule has 0 aromatic carbocycles. The highest BCUT2D eigenvalue weighted by Gasteiger charge is 2.24. The van der Waals surface area contributed by atoms with Gasteiger partial charge in [-0.3, -0.25) is 4.99 Å². The van der Waals surface area contributed by atoms with Crippen LogP contribution in [0, 0.1) is 11.3 Å². The van der Waals surface area contributed by atoms with Crippen molar-refractivity contribution in [2.24, 2.45) is 22.1 Å². The van der Waals surface area contributed by atoms with Crippen molar-refractivity contribution >= 4 is 5.84 Å². The average molecular weight is 225 g/mol. The van der Waals surface area contributed by atoms with Crippen molar-refractivity contribution in [3.05, 3.63) is 0 Å². The summed E-state index contributed by atoms with van der Waals surface area (Å²) in [5.74, 6) is 1.48. The van der Waals surface area contributed by atoms with Crippen molar-refractivity contribution in [3.63, 3.8) is 0 Å². The Morgan fingerprint density at radius 3 is 2.50 bits per heavy atom. The summed E-state index contributed by atoms with van der Waals surface area (Å²) in [6, 6.07) is 0.661. The van der Waals surface area contributed by atoms with E-state index in [1.165, 1.54) is 19.5 Å². The Morgan fingerprint density at radius 2 is 2.06 bits per heavy atom. The van der Waals surface area contributed by atoms with E-state index >= 15 is 0 Å². The molecule has 1 fully saturated rings. The molecule has 1 saturated heterocycles. The molecule has 1 heterocycles. The third-order valence-electron chi connectivity index (χ3n) is 3.34. The monoisotopic (exact) mass is 225 g/mol. The number of hydrogen-bond donors (Lipinski definition) is 1. The average Bonchev–Trinajstić information content (AvgIpc) is 2.60. The van der Waals surface area contributed by atoms with Gasteiger partial charge in [0.1, 0.15) is 0 Å². The van der Waals surface area contributed by atoms with Crippen molar-refractivity contribution in [3.8, 4) is 0 Å². The Morgan fingerprint density at radius 1 is 1.44 bits per heavy atom. The van der Waals surface area contributed by atoms with Crippen LogP contribution in [0.3, 0.4) is 0 Å². The molecule has 1 unspecified atom stereocenters. The van der Waals surface area contributed by atoms with Crippen molar-refractivity contribution < 1.29 is 0 Å². The van der Waals surface area contributed by atoms with E-state index in [0.29, 0.717) is 12.0 Å². The molecule has 0 aromatic heterocycles. The largest absolute Gasteiger partial charge is 0.387 e. The highest BCUT2D eigenvalue weighted by molar-refractivity contribution is 5.85. The van der Waals surface area contributed by atoms with Gasteiger partial charge in [0.15, 0.2) is 0 Å². The minimum Gasteiger partial charge on any atom is -0.387 e. The smallest absolute Gasteiger partial charge is 0.0991 e.